The number of nitrogens with one attached hydrogen (secondary N) is 1. The van der Waals surface area contributed by atoms with Crippen molar-refractivity contribution in [2.24, 2.45) is 5.92 Å². The Morgan fingerprint density at radius 1 is 1.24 bits per heavy atom. The number of rotatable bonds is 4. The molecule has 0 aliphatic heterocycles. The van der Waals surface area contributed by atoms with Crippen LogP contribution in [0.5, 0.6) is 0 Å². The summed E-state index contributed by atoms with van der Waals surface area (Å²) in [5.74, 6) is 0.921. The zero-order chi connectivity index (χ0) is 12.1. The van der Waals surface area contributed by atoms with Crippen LogP contribution in [0.2, 0.25) is 0 Å². The first-order valence-corrected chi connectivity index (χ1v) is 7.56. The van der Waals surface area contributed by atoms with Crippen LogP contribution in [-0.2, 0) is 6.54 Å². The highest BCUT2D eigenvalue weighted by Gasteiger charge is 2.19. The summed E-state index contributed by atoms with van der Waals surface area (Å²) >= 11 is 2.07. The highest BCUT2D eigenvalue weighted by atomic mass is 32.2. The Labute approximate surface area is 109 Å². The van der Waals surface area contributed by atoms with Gasteiger partial charge < -0.3 is 5.32 Å². The van der Waals surface area contributed by atoms with Crippen molar-refractivity contribution in [2.75, 3.05) is 7.05 Å². The average molecular weight is 249 g/mol. The molecule has 0 amide bonds. The standard InChI is InChI=1S/C15H23NS/c1-12-4-3-5-15(10-12)17-14-8-6-13(7-9-14)11-16-2/h6-9,12,15-16H,3-5,10-11H2,1-2H3. The van der Waals surface area contributed by atoms with E-state index < -0.39 is 0 Å². The van der Waals surface area contributed by atoms with Gasteiger partial charge in [0, 0.05) is 16.7 Å². The molecule has 2 rings (SSSR count). The van der Waals surface area contributed by atoms with Gasteiger partial charge in [-0.3, -0.25) is 0 Å². The normalized spacial score (nSPS) is 24.8. The lowest BCUT2D eigenvalue weighted by Crippen LogP contribution is -2.14. The molecule has 1 saturated carbocycles. The lowest BCUT2D eigenvalue weighted by Gasteiger charge is -2.26. The maximum absolute atomic E-state index is 3.18. The van der Waals surface area contributed by atoms with Crippen LogP contribution in [0.1, 0.15) is 38.2 Å². The quantitative estimate of drug-likeness (QED) is 0.863. The largest absolute Gasteiger partial charge is 0.316 e. The topological polar surface area (TPSA) is 12.0 Å². The molecule has 0 bridgehead atoms. The van der Waals surface area contributed by atoms with E-state index in [1.807, 2.05) is 7.05 Å². The molecule has 1 N–H and O–H groups in total. The van der Waals surface area contributed by atoms with Crippen molar-refractivity contribution < 1.29 is 0 Å². The highest BCUT2D eigenvalue weighted by Crippen LogP contribution is 2.35. The van der Waals surface area contributed by atoms with E-state index in [0.29, 0.717) is 0 Å². The molecule has 0 radical (unpaired) electrons. The van der Waals surface area contributed by atoms with Crippen molar-refractivity contribution in [3.05, 3.63) is 29.8 Å². The maximum Gasteiger partial charge on any atom is 0.0202 e. The van der Waals surface area contributed by atoms with Crippen molar-refractivity contribution in [1.29, 1.82) is 0 Å². The smallest absolute Gasteiger partial charge is 0.0202 e. The predicted octanol–water partition coefficient (Wildman–Crippen LogP) is 4.08. The zero-order valence-corrected chi connectivity index (χ0v) is 11.7. The fraction of sp³-hybridized carbons (Fsp3) is 0.600. The molecule has 2 atom stereocenters. The Kier molecular flexibility index (Phi) is 4.93. The Bertz CT molecular complexity index is 333. The Morgan fingerprint density at radius 2 is 2.00 bits per heavy atom. The molecule has 1 aliphatic carbocycles. The van der Waals surface area contributed by atoms with Crippen LogP contribution >= 0.6 is 11.8 Å². The van der Waals surface area contributed by atoms with E-state index in [1.54, 1.807) is 0 Å². The minimum Gasteiger partial charge on any atom is -0.316 e. The summed E-state index contributed by atoms with van der Waals surface area (Å²) in [7, 11) is 1.99. The molecule has 1 nitrogen and oxygen atoms in total. The molecule has 1 fully saturated rings. The van der Waals surface area contributed by atoms with E-state index in [-0.39, 0.29) is 0 Å². The fourth-order valence-corrected chi connectivity index (χ4v) is 3.96. The third-order valence-electron chi connectivity index (χ3n) is 3.50. The molecule has 17 heavy (non-hydrogen) atoms. The van der Waals surface area contributed by atoms with Gasteiger partial charge in [0.2, 0.25) is 0 Å². The molecular weight excluding hydrogens is 226 g/mol. The van der Waals surface area contributed by atoms with Crippen molar-refractivity contribution >= 4 is 11.8 Å². The van der Waals surface area contributed by atoms with Crippen molar-refractivity contribution in [3.8, 4) is 0 Å². The van der Waals surface area contributed by atoms with Crippen LogP contribution in [-0.4, -0.2) is 12.3 Å². The van der Waals surface area contributed by atoms with Gasteiger partial charge in [-0.1, -0.05) is 31.9 Å². The number of benzene rings is 1. The summed E-state index contributed by atoms with van der Waals surface area (Å²) in [5.41, 5.74) is 1.37. The van der Waals surface area contributed by atoms with Crippen LogP contribution in [0.15, 0.2) is 29.2 Å². The van der Waals surface area contributed by atoms with Crippen LogP contribution in [0, 0.1) is 5.92 Å². The minimum atomic E-state index is 0.842. The Morgan fingerprint density at radius 3 is 2.65 bits per heavy atom. The molecule has 1 aliphatic rings. The van der Waals surface area contributed by atoms with Crippen LogP contribution in [0.3, 0.4) is 0 Å². The first-order chi connectivity index (χ1) is 8.28. The monoisotopic (exact) mass is 249 g/mol. The summed E-state index contributed by atoms with van der Waals surface area (Å²) in [4.78, 5) is 1.43. The molecular formula is C15H23NS. The van der Waals surface area contributed by atoms with Gasteiger partial charge in [-0.2, -0.15) is 0 Å². The van der Waals surface area contributed by atoms with E-state index in [1.165, 1.54) is 36.1 Å². The molecule has 94 valence electrons. The van der Waals surface area contributed by atoms with Crippen LogP contribution in [0.4, 0.5) is 0 Å². The van der Waals surface area contributed by atoms with Gasteiger partial charge in [-0.05, 0) is 43.5 Å². The van der Waals surface area contributed by atoms with E-state index >= 15 is 0 Å². The number of hydrogen-bond donors (Lipinski definition) is 1. The zero-order valence-electron chi connectivity index (χ0n) is 10.9. The molecule has 0 spiro atoms. The summed E-state index contributed by atoms with van der Waals surface area (Å²) in [6, 6.07) is 9.03. The molecule has 0 saturated heterocycles. The molecule has 1 aromatic rings. The summed E-state index contributed by atoms with van der Waals surface area (Å²) < 4.78 is 0. The molecule has 0 aromatic heterocycles. The number of hydrogen-bond acceptors (Lipinski definition) is 2. The summed E-state index contributed by atoms with van der Waals surface area (Å²) in [6.07, 6.45) is 5.63. The van der Waals surface area contributed by atoms with Crippen molar-refractivity contribution in [1.82, 2.24) is 5.32 Å². The lowest BCUT2D eigenvalue weighted by molar-refractivity contribution is 0.394. The van der Waals surface area contributed by atoms with Gasteiger partial charge in [0.1, 0.15) is 0 Å². The van der Waals surface area contributed by atoms with E-state index in [9.17, 15) is 0 Å². The second-order valence-corrected chi connectivity index (χ2v) is 6.56. The predicted molar refractivity (Wildman–Crippen MR) is 76.5 cm³/mol. The van der Waals surface area contributed by atoms with Gasteiger partial charge in [0.15, 0.2) is 0 Å². The van der Waals surface area contributed by atoms with Crippen LogP contribution < -0.4 is 5.32 Å². The molecule has 2 heteroatoms. The van der Waals surface area contributed by atoms with Crippen molar-refractivity contribution in [3.63, 3.8) is 0 Å². The van der Waals surface area contributed by atoms with E-state index in [4.69, 9.17) is 0 Å². The third kappa shape index (κ3) is 4.04. The van der Waals surface area contributed by atoms with Gasteiger partial charge >= 0.3 is 0 Å². The molecule has 2 unspecified atom stereocenters. The van der Waals surface area contributed by atoms with Gasteiger partial charge in [0.25, 0.3) is 0 Å². The SMILES string of the molecule is CNCc1ccc(SC2CCCC(C)C2)cc1. The van der Waals surface area contributed by atoms with E-state index in [0.717, 1.165) is 17.7 Å². The third-order valence-corrected chi connectivity index (χ3v) is 4.80. The fourth-order valence-electron chi connectivity index (χ4n) is 2.57. The lowest BCUT2D eigenvalue weighted by atomic mass is 9.91. The molecule has 1 aromatic carbocycles. The summed E-state index contributed by atoms with van der Waals surface area (Å²) in [5, 5.41) is 4.03. The minimum absolute atomic E-state index is 0.842. The van der Waals surface area contributed by atoms with Gasteiger partial charge in [-0.15, -0.1) is 11.8 Å². The average Bonchev–Trinajstić information content (AvgIpc) is 2.32. The molecule has 0 heterocycles. The second-order valence-electron chi connectivity index (χ2n) is 5.19. The first kappa shape index (κ1) is 13.0. The maximum atomic E-state index is 3.18. The summed E-state index contributed by atoms with van der Waals surface area (Å²) in [6.45, 7) is 3.36. The van der Waals surface area contributed by atoms with Gasteiger partial charge in [-0.25, -0.2) is 0 Å². The first-order valence-electron chi connectivity index (χ1n) is 6.68. The highest BCUT2D eigenvalue weighted by molar-refractivity contribution is 8.00. The number of thioether (sulfide) groups is 1. The second kappa shape index (κ2) is 6.46. The Hall–Kier alpha value is -0.470. The van der Waals surface area contributed by atoms with Gasteiger partial charge in [0.05, 0.1) is 0 Å². The van der Waals surface area contributed by atoms with Crippen LogP contribution in [0.25, 0.3) is 0 Å². The van der Waals surface area contributed by atoms with E-state index in [2.05, 4.69) is 48.3 Å². The Balaban J connectivity index is 1.89. The van der Waals surface area contributed by atoms with Crippen molar-refractivity contribution in [2.45, 2.75) is 49.3 Å².